The molecule has 1 unspecified atom stereocenters. The van der Waals surface area contributed by atoms with Crippen molar-refractivity contribution >= 4 is 11.0 Å². The van der Waals surface area contributed by atoms with Crippen molar-refractivity contribution in [3.05, 3.63) is 40.8 Å². The molecule has 1 atom stereocenters. The van der Waals surface area contributed by atoms with Crippen LogP contribution >= 0.6 is 0 Å². The number of fused-ring (bicyclic) bond motifs is 1. The number of methoxy groups -OCH3 is 2. The van der Waals surface area contributed by atoms with Crippen LogP contribution in [0.1, 0.15) is 36.7 Å². The van der Waals surface area contributed by atoms with Gasteiger partial charge in [0.15, 0.2) is 5.65 Å². The molecule has 0 saturated carbocycles. The maximum Gasteiger partial charge on any atom is 0.419 e. The second kappa shape index (κ2) is 8.67. The third kappa shape index (κ3) is 4.96. The van der Waals surface area contributed by atoms with Gasteiger partial charge in [-0.2, -0.15) is 41.4 Å². The van der Waals surface area contributed by atoms with Crippen LogP contribution in [-0.4, -0.2) is 40.1 Å². The first kappa shape index (κ1) is 24.5. The highest BCUT2D eigenvalue weighted by Crippen LogP contribution is 2.38. The van der Waals surface area contributed by atoms with Crippen molar-refractivity contribution in [3.8, 4) is 11.9 Å². The molecule has 2 aromatic heterocycles. The zero-order valence-corrected chi connectivity index (χ0v) is 17.8. The molecule has 1 aromatic carbocycles. The van der Waals surface area contributed by atoms with Crippen LogP contribution in [0.4, 0.5) is 30.7 Å². The van der Waals surface area contributed by atoms with Crippen LogP contribution in [0.5, 0.6) is 11.9 Å². The number of halogens is 7. The lowest BCUT2D eigenvalue weighted by molar-refractivity contribution is -0.140. The Kier molecular flexibility index (Phi) is 6.44. The average Bonchev–Trinajstić information content (AvgIpc) is 3.02. The third-order valence-corrected chi connectivity index (χ3v) is 4.85. The smallest absolute Gasteiger partial charge is 0.419 e. The number of aromatic nitrogens is 4. The van der Waals surface area contributed by atoms with E-state index in [1.54, 1.807) is 13.8 Å². The van der Waals surface area contributed by atoms with Crippen molar-refractivity contribution in [3.63, 3.8) is 0 Å². The van der Waals surface area contributed by atoms with Gasteiger partial charge >= 0.3 is 18.4 Å². The van der Waals surface area contributed by atoms with Crippen LogP contribution in [0.3, 0.4) is 0 Å². The molecule has 0 N–H and O–H groups in total. The lowest BCUT2D eigenvalue weighted by atomic mass is 9.95. The number of benzene rings is 1. The molecule has 0 fully saturated rings. The highest BCUT2D eigenvalue weighted by Gasteiger charge is 2.36. The van der Waals surface area contributed by atoms with Crippen molar-refractivity contribution in [2.24, 2.45) is 5.92 Å². The fourth-order valence-electron chi connectivity index (χ4n) is 3.56. The zero-order chi connectivity index (χ0) is 24.7. The molecule has 180 valence electrons. The van der Waals surface area contributed by atoms with E-state index < -0.39 is 47.8 Å². The molecule has 2 heterocycles. The summed E-state index contributed by atoms with van der Waals surface area (Å²) in [6.07, 6.45) is -11.0. The summed E-state index contributed by atoms with van der Waals surface area (Å²) in [5, 5.41) is 3.94. The first-order valence-corrected chi connectivity index (χ1v) is 9.57. The van der Waals surface area contributed by atoms with Gasteiger partial charge in [0, 0.05) is 0 Å². The summed E-state index contributed by atoms with van der Waals surface area (Å²) in [6, 6.07) is 1.15. The van der Waals surface area contributed by atoms with E-state index in [2.05, 4.69) is 15.1 Å². The Hall–Kier alpha value is -3.12. The van der Waals surface area contributed by atoms with Crippen LogP contribution in [-0.2, 0) is 12.6 Å². The van der Waals surface area contributed by atoms with Gasteiger partial charge in [-0.05, 0) is 23.6 Å². The van der Waals surface area contributed by atoms with E-state index in [0.29, 0.717) is 12.1 Å². The topological polar surface area (TPSA) is 62.1 Å². The molecule has 0 radical (unpaired) electrons. The summed E-state index contributed by atoms with van der Waals surface area (Å²) >= 11 is 0. The molecular weight excluding hydrogens is 461 g/mol. The average molecular weight is 480 g/mol. The molecule has 0 aliphatic rings. The summed E-state index contributed by atoms with van der Waals surface area (Å²) in [7, 11) is 2.43. The standard InChI is InChI=1S/C20H19F7N4O2/c1-9(2)15(10-5-6-11(12(21)7-10)20(25,26)27)31-16-14(13(30-31)8-19(22,23)24)17(32-3)29-18(28-16)33-4/h5-7,9,15H,8H2,1-4H3. The van der Waals surface area contributed by atoms with Crippen molar-refractivity contribution in [2.45, 2.75) is 38.7 Å². The zero-order valence-electron chi connectivity index (χ0n) is 17.8. The second-order valence-electron chi connectivity index (χ2n) is 7.53. The lowest BCUT2D eigenvalue weighted by Crippen LogP contribution is -2.20. The van der Waals surface area contributed by atoms with E-state index in [4.69, 9.17) is 9.47 Å². The summed E-state index contributed by atoms with van der Waals surface area (Å²) in [5.41, 5.74) is -1.94. The first-order chi connectivity index (χ1) is 15.3. The fraction of sp³-hybridized carbons (Fsp3) is 0.450. The molecule has 0 aliphatic heterocycles. The Labute approximate surface area is 183 Å². The quantitative estimate of drug-likeness (QED) is 0.445. The molecule has 3 aromatic rings. The molecule has 6 nitrogen and oxygen atoms in total. The van der Waals surface area contributed by atoms with Gasteiger partial charge in [-0.15, -0.1) is 0 Å². The Morgan fingerprint density at radius 2 is 1.67 bits per heavy atom. The predicted octanol–water partition coefficient (Wildman–Crippen LogP) is 5.35. The highest BCUT2D eigenvalue weighted by molar-refractivity contribution is 5.84. The largest absolute Gasteiger partial charge is 0.480 e. The normalized spacial score (nSPS) is 13.6. The molecule has 33 heavy (non-hydrogen) atoms. The van der Waals surface area contributed by atoms with Gasteiger partial charge in [0.25, 0.3) is 0 Å². The van der Waals surface area contributed by atoms with Gasteiger partial charge in [0.1, 0.15) is 11.2 Å². The van der Waals surface area contributed by atoms with Gasteiger partial charge in [0.2, 0.25) is 5.88 Å². The van der Waals surface area contributed by atoms with E-state index >= 15 is 0 Å². The van der Waals surface area contributed by atoms with Crippen LogP contribution < -0.4 is 9.47 Å². The highest BCUT2D eigenvalue weighted by atomic mass is 19.4. The van der Waals surface area contributed by atoms with E-state index in [1.807, 2.05) is 0 Å². The molecule has 0 saturated heterocycles. The maximum absolute atomic E-state index is 14.3. The van der Waals surface area contributed by atoms with E-state index in [9.17, 15) is 30.7 Å². The molecule has 0 bridgehead atoms. The summed E-state index contributed by atoms with van der Waals surface area (Å²) in [6.45, 7) is 3.32. The lowest BCUT2D eigenvalue weighted by Gasteiger charge is -2.23. The number of alkyl halides is 6. The van der Waals surface area contributed by atoms with Crippen LogP contribution in [0.2, 0.25) is 0 Å². The monoisotopic (exact) mass is 480 g/mol. The van der Waals surface area contributed by atoms with Gasteiger partial charge in [0.05, 0.1) is 37.9 Å². The number of rotatable bonds is 6. The van der Waals surface area contributed by atoms with Gasteiger partial charge in [-0.1, -0.05) is 19.9 Å². The Bertz CT molecular complexity index is 1160. The number of ether oxygens (including phenoxy) is 2. The summed E-state index contributed by atoms with van der Waals surface area (Å²) < 4.78 is 104. The van der Waals surface area contributed by atoms with E-state index in [0.717, 1.165) is 10.7 Å². The van der Waals surface area contributed by atoms with Crippen molar-refractivity contribution in [1.29, 1.82) is 0 Å². The second-order valence-corrected chi connectivity index (χ2v) is 7.53. The fourth-order valence-corrected chi connectivity index (χ4v) is 3.56. The van der Waals surface area contributed by atoms with Crippen LogP contribution in [0.15, 0.2) is 18.2 Å². The SMILES string of the molecule is COc1nc(OC)c2c(CC(F)(F)F)nn(C(c3ccc(C(F)(F)F)c(F)c3)C(C)C)c2n1. The predicted molar refractivity (Wildman–Crippen MR) is 103 cm³/mol. The van der Waals surface area contributed by atoms with Crippen molar-refractivity contribution < 1.29 is 40.2 Å². The summed E-state index contributed by atoms with van der Waals surface area (Å²) in [4.78, 5) is 8.02. The molecule has 13 heteroatoms. The number of nitrogens with zero attached hydrogens (tertiary/aromatic N) is 4. The van der Waals surface area contributed by atoms with Gasteiger partial charge in [-0.3, -0.25) is 0 Å². The number of hydrogen-bond donors (Lipinski definition) is 0. The van der Waals surface area contributed by atoms with Crippen LogP contribution in [0.25, 0.3) is 11.0 Å². The Morgan fingerprint density at radius 3 is 2.15 bits per heavy atom. The molecule has 0 aliphatic carbocycles. The Balaban J connectivity index is 2.30. The molecule has 3 rings (SSSR count). The first-order valence-electron chi connectivity index (χ1n) is 9.57. The molecule has 0 spiro atoms. The van der Waals surface area contributed by atoms with Gasteiger partial charge in [-0.25, -0.2) is 9.07 Å². The van der Waals surface area contributed by atoms with Crippen molar-refractivity contribution in [2.75, 3.05) is 14.2 Å². The third-order valence-electron chi connectivity index (χ3n) is 4.85. The Morgan fingerprint density at radius 1 is 1.00 bits per heavy atom. The molecule has 0 amide bonds. The van der Waals surface area contributed by atoms with E-state index in [1.165, 1.54) is 14.2 Å². The summed E-state index contributed by atoms with van der Waals surface area (Å²) in [5.74, 6) is -2.17. The number of hydrogen-bond acceptors (Lipinski definition) is 5. The van der Waals surface area contributed by atoms with Gasteiger partial charge < -0.3 is 9.47 Å². The minimum Gasteiger partial charge on any atom is -0.480 e. The van der Waals surface area contributed by atoms with Crippen molar-refractivity contribution in [1.82, 2.24) is 19.7 Å². The molecular formula is C20H19F7N4O2. The maximum atomic E-state index is 14.3. The minimum absolute atomic E-state index is 0.0648. The minimum atomic E-state index is -4.90. The van der Waals surface area contributed by atoms with Crippen LogP contribution in [0, 0.1) is 11.7 Å². The van der Waals surface area contributed by atoms with E-state index in [-0.39, 0.29) is 28.5 Å².